The van der Waals surface area contributed by atoms with Crippen molar-refractivity contribution in [2.24, 2.45) is 0 Å². The summed E-state index contributed by atoms with van der Waals surface area (Å²) in [6.07, 6.45) is 1.84. The molecule has 0 saturated carbocycles. The lowest BCUT2D eigenvalue weighted by Crippen LogP contribution is -2.32. The Kier molecular flexibility index (Phi) is 6.12. The van der Waals surface area contributed by atoms with Crippen LogP contribution in [0.5, 0.6) is 0 Å². The van der Waals surface area contributed by atoms with E-state index in [2.05, 4.69) is 26.2 Å². The van der Waals surface area contributed by atoms with Crippen molar-refractivity contribution in [1.82, 2.24) is 14.9 Å². The lowest BCUT2D eigenvalue weighted by atomic mass is 10.2. The molecule has 2 rings (SSSR count). The topological polar surface area (TPSA) is 66.9 Å². The molecule has 1 atom stereocenters. The van der Waals surface area contributed by atoms with Crippen LogP contribution in [0.25, 0.3) is 10.9 Å². The van der Waals surface area contributed by atoms with Crippen LogP contribution in [0.3, 0.4) is 0 Å². The van der Waals surface area contributed by atoms with Crippen molar-refractivity contribution >= 4 is 45.0 Å². The van der Waals surface area contributed by atoms with Crippen LogP contribution in [0.4, 0.5) is 0 Å². The molecule has 1 aromatic heterocycles. The molecule has 2 aromatic rings. The summed E-state index contributed by atoms with van der Waals surface area (Å²) < 4.78 is 2.74. The monoisotopic (exact) mass is 397 g/mol. The van der Waals surface area contributed by atoms with Crippen molar-refractivity contribution in [3.63, 3.8) is 0 Å². The van der Waals surface area contributed by atoms with Crippen molar-refractivity contribution in [3.8, 4) is 0 Å². The van der Waals surface area contributed by atoms with Crippen molar-refractivity contribution in [1.29, 1.82) is 0 Å². The van der Waals surface area contributed by atoms with Gasteiger partial charge in [-0.05, 0) is 50.2 Å². The lowest BCUT2D eigenvalue weighted by molar-refractivity contribution is -0.121. The van der Waals surface area contributed by atoms with Gasteiger partial charge in [-0.2, -0.15) is 0 Å². The first-order chi connectivity index (χ1) is 10.9. The van der Waals surface area contributed by atoms with Crippen molar-refractivity contribution < 1.29 is 4.79 Å². The maximum Gasteiger partial charge on any atom is 0.262 e. The van der Waals surface area contributed by atoms with Gasteiger partial charge >= 0.3 is 0 Å². The Morgan fingerprint density at radius 1 is 1.48 bits per heavy atom. The average Bonchev–Trinajstić information content (AvgIpc) is 2.51. The molecular weight excluding hydrogens is 378 g/mol. The van der Waals surface area contributed by atoms with Gasteiger partial charge in [0.2, 0.25) is 5.91 Å². The molecule has 0 radical (unpaired) electrons. The first-order valence-electron chi connectivity index (χ1n) is 7.64. The summed E-state index contributed by atoms with van der Waals surface area (Å²) >= 11 is 8.63. The molecular formula is C16H20BrN3O2S. The number of carbonyl (C=O) groups is 1. The summed E-state index contributed by atoms with van der Waals surface area (Å²) in [6.45, 7) is 4.42. The molecule has 0 aliphatic rings. The van der Waals surface area contributed by atoms with Gasteiger partial charge in [-0.1, -0.05) is 22.9 Å². The van der Waals surface area contributed by atoms with Crippen molar-refractivity contribution in [2.75, 3.05) is 0 Å². The quantitative estimate of drug-likeness (QED) is 0.732. The van der Waals surface area contributed by atoms with E-state index >= 15 is 0 Å². The molecule has 7 heteroatoms. The van der Waals surface area contributed by atoms with Crippen molar-refractivity contribution in [3.05, 3.63) is 37.8 Å². The van der Waals surface area contributed by atoms with E-state index in [1.807, 2.05) is 26.0 Å². The molecule has 0 bridgehead atoms. The highest BCUT2D eigenvalue weighted by molar-refractivity contribution is 9.10. The number of aromatic nitrogens is 2. The largest absolute Gasteiger partial charge is 0.354 e. The number of H-pyrrole nitrogens is 1. The summed E-state index contributed by atoms with van der Waals surface area (Å²) in [4.78, 5) is 27.4. The molecule has 5 nitrogen and oxygen atoms in total. The van der Waals surface area contributed by atoms with Crippen LogP contribution < -0.4 is 10.9 Å². The highest BCUT2D eigenvalue weighted by atomic mass is 79.9. The Bertz CT molecular complexity index is 828. The second-order valence-corrected chi connectivity index (χ2v) is 6.86. The highest BCUT2D eigenvalue weighted by Gasteiger charge is 2.08. The third kappa shape index (κ3) is 4.51. The first kappa shape index (κ1) is 17.9. The fraction of sp³-hybridized carbons (Fsp3) is 0.438. The third-order valence-electron chi connectivity index (χ3n) is 3.75. The van der Waals surface area contributed by atoms with Crippen LogP contribution in [0.1, 0.15) is 33.1 Å². The Morgan fingerprint density at radius 3 is 2.91 bits per heavy atom. The number of benzene rings is 1. The second-order valence-electron chi connectivity index (χ2n) is 5.56. The van der Waals surface area contributed by atoms with E-state index in [0.717, 1.165) is 10.9 Å². The van der Waals surface area contributed by atoms with E-state index in [0.29, 0.717) is 35.1 Å². The van der Waals surface area contributed by atoms with Gasteiger partial charge in [0.05, 0.1) is 10.9 Å². The molecule has 0 saturated heterocycles. The van der Waals surface area contributed by atoms with Crippen LogP contribution in [0.2, 0.25) is 0 Å². The van der Waals surface area contributed by atoms with E-state index in [4.69, 9.17) is 12.2 Å². The number of nitrogens with one attached hydrogen (secondary N) is 2. The summed E-state index contributed by atoms with van der Waals surface area (Å²) in [5, 5.41) is 3.50. The minimum atomic E-state index is -0.132. The Hall–Kier alpha value is -1.47. The Balaban J connectivity index is 2.13. The zero-order valence-electron chi connectivity index (χ0n) is 13.2. The van der Waals surface area contributed by atoms with Crippen LogP contribution in [-0.2, 0) is 11.3 Å². The minimum Gasteiger partial charge on any atom is -0.354 e. The van der Waals surface area contributed by atoms with E-state index in [9.17, 15) is 9.59 Å². The van der Waals surface area contributed by atoms with Gasteiger partial charge in [0.1, 0.15) is 0 Å². The molecule has 23 heavy (non-hydrogen) atoms. The van der Waals surface area contributed by atoms with Crippen molar-refractivity contribution in [2.45, 2.75) is 45.7 Å². The maximum atomic E-state index is 12.6. The molecule has 0 aliphatic carbocycles. The number of carbonyl (C=O) groups excluding carboxylic acids is 1. The maximum absolute atomic E-state index is 12.6. The number of hydrogen-bond acceptors (Lipinski definition) is 3. The number of hydrogen-bond donors (Lipinski definition) is 2. The molecule has 1 aromatic carbocycles. The number of fused-ring (bicyclic) bond motifs is 1. The minimum absolute atomic E-state index is 0.00540. The van der Waals surface area contributed by atoms with Gasteiger partial charge in [-0.15, -0.1) is 0 Å². The van der Waals surface area contributed by atoms with Gasteiger partial charge in [0, 0.05) is 23.5 Å². The smallest absolute Gasteiger partial charge is 0.262 e. The van der Waals surface area contributed by atoms with E-state index in [1.165, 1.54) is 4.57 Å². The number of halogens is 1. The number of nitrogens with zero attached hydrogens (tertiary/aromatic N) is 1. The third-order valence-corrected chi connectivity index (χ3v) is 4.56. The van der Waals surface area contributed by atoms with Crippen LogP contribution in [0, 0.1) is 4.77 Å². The van der Waals surface area contributed by atoms with E-state index < -0.39 is 0 Å². The van der Waals surface area contributed by atoms with E-state index in [1.54, 1.807) is 6.07 Å². The van der Waals surface area contributed by atoms with Gasteiger partial charge in [0.25, 0.3) is 5.56 Å². The molecule has 1 heterocycles. The zero-order chi connectivity index (χ0) is 17.0. The second kappa shape index (κ2) is 7.88. The summed E-state index contributed by atoms with van der Waals surface area (Å²) in [5.74, 6) is 0.00540. The number of aromatic amines is 1. The van der Waals surface area contributed by atoms with Gasteiger partial charge < -0.3 is 10.3 Å². The lowest BCUT2D eigenvalue weighted by Gasteiger charge is -2.12. The van der Waals surface area contributed by atoms with Crippen LogP contribution in [-0.4, -0.2) is 21.5 Å². The number of rotatable bonds is 6. The standard InChI is InChI=1S/C16H20BrN3O2S/c1-3-10(2)18-14(21)5-4-8-20-15(22)12-9-11(17)6-7-13(12)19-16(20)23/h6-7,9-10H,3-5,8H2,1-2H3,(H,18,21)(H,19,23). The predicted molar refractivity (Wildman–Crippen MR) is 98.2 cm³/mol. The fourth-order valence-corrected chi connectivity index (χ4v) is 2.92. The average molecular weight is 398 g/mol. The van der Waals surface area contributed by atoms with Gasteiger partial charge in [-0.3, -0.25) is 14.2 Å². The highest BCUT2D eigenvalue weighted by Crippen LogP contribution is 2.15. The predicted octanol–water partition coefficient (Wildman–Crippen LogP) is 3.52. The molecule has 0 aliphatic heterocycles. The summed E-state index contributed by atoms with van der Waals surface area (Å²) in [5.41, 5.74) is 0.585. The number of amides is 1. The first-order valence-corrected chi connectivity index (χ1v) is 8.84. The van der Waals surface area contributed by atoms with Crippen LogP contribution >= 0.6 is 28.1 Å². The molecule has 124 valence electrons. The molecule has 0 fully saturated rings. The Labute approximate surface area is 148 Å². The van der Waals surface area contributed by atoms with Crippen LogP contribution in [0.15, 0.2) is 27.5 Å². The zero-order valence-corrected chi connectivity index (χ0v) is 15.6. The fourth-order valence-electron chi connectivity index (χ4n) is 2.27. The molecule has 1 amide bonds. The normalized spacial score (nSPS) is 12.3. The SMILES string of the molecule is CCC(C)NC(=O)CCCn1c(=S)[nH]c2ccc(Br)cc2c1=O. The molecule has 1 unspecified atom stereocenters. The van der Waals surface area contributed by atoms with Gasteiger partial charge in [-0.25, -0.2) is 0 Å². The van der Waals surface area contributed by atoms with E-state index in [-0.39, 0.29) is 17.5 Å². The summed E-state index contributed by atoms with van der Waals surface area (Å²) in [7, 11) is 0. The summed E-state index contributed by atoms with van der Waals surface area (Å²) in [6, 6.07) is 5.62. The molecule has 0 spiro atoms. The molecule has 2 N–H and O–H groups in total. The Morgan fingerprint density at radius 2 is 2.22 bits per heavy atom. The van der Waals surface area contributed by atoms with Gasteiger partial charge in [0.15, 0.2) is 4.77 Å².